The van der Waals surface area contributed by atoms with Crippen molar-refractivity contribution in [2.75, 3.05) is 6.54 Å². The van der Waals surface area contributed by atoms with E-state index in [4.69, 9.17) is 11.6 Å². The van der Waals surface area contributed by atoms with Crippen molar-refractivity contribution in [3.05, 3.63) is 52.8 Å². The maximum absolute atomic E-state index is 6.31. The monoisotopic (exact) mass is 291 g/mol. The Hall–Kier alpha value is -1.32. The topological polar surface area (TPSA) is 29.9 Å². The van der Waals surface area contributed by atoms with Gasteiger partial charge in [0, 0.05) is 29.7 Å². The summed E-state index contributed by atoms with van der Waals surface area (Å²) in [4.78, 5) is 0. The maximum Gasteiger partial charge on any atom is 0.0643 e. The second kappa shape index (κ2) is 6.91. The van der Waals surface area contributed by atoms with Crippen molar-refractivity contribution >= 4 is 11.6 Å². The van der Waals surface area contributed by atoms with Gasteiger partial charge in [0.15, 0.2) is 0 Å². The van der Waals surface area contributed by atoms with Gasteiger partial charge in [-0.25, -0.2) is 0 Å². The molecule has 1 unspecified atom stereocenters. The fourth-order valence-electron chi connectivity index (χ4n) is 2.28. The van der Waals surface area contributed by atoms with Gasteiger partial charge in [0.2, 0.25) is 0 Å². The Bertz CT molecular complexity index is 548. The minimum absolute atomic E-state index is 0.198. The van der Waals surface area contributed by atoms with Crippen molar-refractivity contribution in [3.8, 4) is 0 Å². The molecule has 1 aromatic heterocycles. The SMILES string of the molecule is CCNC(Cc1ccn(C(C)C)n1)c1ccccc1Cl. The first-order valence-corrected chi connectivity index (χ1v) is 7.51. The van der Waals surface area contributed by atoms with Gasteiger partial charge >= 0.3 is 0 Å². The van der Waals surface area contributed by atoms with Gasteiger partial charge in [0.25, 0.3) is 0 Å². The van der Waals surface area contributed by atoms with Gasteiger partial charge in [-0.1, -0.05) is 36.7 Å². The standard InChI is InChI=1S/C16H22ClN3/c1-4-18-16(14-7-5-6-8-15(14)17)11-13-9-10-20(19-13)12(2)3/h5-10,12,16,18H,4,11H2,1-3H3. The molecular weight excluding hydrogens is 270 g/mol. The molecule has 0 aliphatic carbocycles. The van der Waals surface area contributed by atoms with E-state index in [9.17, 15) is 0 Å². The first kappa shape index (κ1) is 15.1. The summed E-state index contributed by atoms with van der Waals surface area (Å²) in [6.45, 7) is 7.27. The van der Waals surface area contributed by atoms with Crippen LogP contribution in [0, 0.1) is 0 Å². The summed E-state index contributed by atoms with van der Waals surface area (Å²) >= 11 is 6.31. The van der Waals surface area contributed by atoms with Crippen LogP contribution in [0.15, 0.2) is 36.5 Å². The van der Waals surface area contributed by atoms with E-state index in [1.54, 1.807) is 0 Å². The third-order valence-corrected chi connectivity index (χ3v) is 3.68. The molecule has 0 amide bonds. The van der Waals surface area contributed by atoms with Gasteiger partial charge in [0.1, 0.15) is 0 Å². The van der Waals surface area contributed by atoms with Crippen molar-refractivity contribution < 1.29 is 0 Å². The van der Waals surface area contributed by atoms with Gasteiger partial charge in [-0.2, -0.15) is 5.10 Å². The smallest absolute Gasteiger partial charge is 0.0643 e. The average Bonchev–Trinajstić information content (AvgIpc) is 2.88. The highest BCUT2D eigenvalue weighted by atomic mass is 35.5. The summed E-state index contributed by atoms with van der Waals surface area (Å²) in [6.07, 6.45) is 2.88. The molecule has 108 valence electrons. The zero-order chi connectivity index (χ0) is 14.5. The molecule has 3 nitrogen and oxygen atoms in total. The van der Waals surface area contributed by atoms with Crippen LogP contribution in [0.4, 0.5) is 0 Å². The zero-order valence-electron chi connectivity index (χ0n) is 12.3. The summed E-state index contributed by atoms with van der Waals surface area (Å²) in [6, 6.07) is 10.7. The summed E-state index contributed by atoms with van der Waals surface area (Å²) in [7, 11) is 0. The van der Waals surface area contributed by atoms with Crippen molar-refractivity contribution in [1.29, 1.82) is 0 Å². The van der Waals surface area contributed by atoms with Gasteiger partial charge < -0.3 is 5.32 Å². The van der Waals surface area contributed by atoms with Crippen LogP contribution in [0.3, 0.4) is 0 Å². The fourth-order valence-corrected chi connectivity index (χ4v) is 2.55. The normalized spacial score (nSPS) is 12.8. The lowest BCUT2D eigenvalue weighted by Crippen LogP contribution is -2.23. The molecule has 2 rings (SSSR count). The van der Waals surface area contributed by atoms with E-state index in [1.165, 1.54) is 0 Å². The van der Waals surface area contributed by atoms with Crippen LogP contribution in [-0.2, 0) is 6.42 Å². The maximum atomic E-state index is 6.31. The molecule has 4 heteroatoms. The minimum atomic E-state index is 0.198. The summed E-state index contributed by atoms with van der Waals surface area (Å²) in [5.74, 6) is 0. The number of halogens is 1. The lowest BCUT2D eigenvalue weighted by atomic mass is 10.0. The van der Waals surface area contributed by atoms with E-state index < -0.39 is 0 Å². The third-order valence-electron chi connectivity index (χ3n) is 3.34. The molecular formula is C16H22ClN3. The number of likely N-dealkylation sites (N-methyl/N-ethyl adjacent to an activating group) is 1. The van der Waals surface area contributed by atoms with Crippen molar-refractivity contribution in [3.63, 3.8) is 0 Å². The molecule has 0 fully saturated rings. The highest BCUT2D eigenvalue weighted by Gasteiger charge is 2.15. The van der Waals surface area contributed by atoms with Crippen LogP contribution in [0.25, 0.3) is 0 Å². The number of rotatable bonds is 6. The number of hydrogen-bond acceptors (Lipinski definition) is 2. The van der Waals surface area contributed by atoms with Crippen LogP contribution in [0.1, 0.15) is 44.1 Å². The van der Waals surface area contributed by atoms with E-state index in [-0.39, 0.29) is 6.04 Å². The van der Waals surface area contributed by atoms with E-state index in [2.05, 4.69) is 43.3 Å². The molecule has 1 heterocycles. The first-order chi connectivity index (χ1) is 9.61. The predicted molar refractivity (Wildman–Crippen MR) is 84.2 cm³/mol. The first-order valence-electron chi connectivity index (χ1n) is 7.13. The van der Waals surface area contributed by atoms with Crippen LogP contribution in [0.2, 0.25) is 5.02 Å². The number of nitrogens with one attached hydrogen (secondary N) is 1. The van der Waals surface area contributed by atoms with Gasteiger partial charge in [-0.05, 0) is 38.1 Å². The Labute approximate surface area is 126 Å². The second-order valence-corrected chi connectivity index (χ2v) is 5.62. The Morgan fingerprint density at radius 1 is 1.25 bits per heavy atom. The van der Waals surface area contributed by atoms with Crippen molar-refractivity contribution in [2.45, 2.75) is 39.3 Å². The lowest BCUT2D eigenvalue weighted by molar-refractivity contribution is 0.506. The number of aromatic nitrogens is 2. The molecule has 0 radical (unpaired) electrons. The van der Waals surface area contributed by atoms with E-state index in [0.717, 1.165) is 29.2 Å². The van der Waals surface area contributed by atoms with Crippen LogP contribution >= 0.6 is 11.6 Å². The average molecular weight is 292 g/mol. The molecule has 0 saturated heterocycles. The fraction of sp³-hybridized carbons (Fsp3) is 0.438. The largest absolute Gasteiger partial charge is 0.310 e. The third kappa shape index (κ3) is 3.62. The van der Waals surface area contributed by atoms with Crippen LogP contribution < -0.4 is 5.32 Å². The Kier molecular flexibility index (Phi) is 5.21. The van der Waals surface area contributed by atoms with Gasteiger partial charge in [-0.15, -0.1) is 0 Å². The lowest BCUT2D eigenvalue weighted by Gasteiger charge is -2.18. The Balaban J connectivity index is 2.19. The molecule has 0 aliphatic heterocycles. The van der Waals surface area contributed by atoms with E-state index in [0.29, 0.717) is 6.04 Å². The molecule has 0 saturated carbocycles. The molecule has 0 bridgehead atoms. The highest BCUT2D eigenvalue weighted by molar-refractivity contribution is 6.31. The molecule has 1 atom stereocenters. The highest BCUT2D eigenvalue weighted by Crippen LogP contribution is 2.25. The van der Waals surface area contributed by atoms with Crippen LogP contribution in [-0.4, -0.2) is 16.3 Å². The number of benzene rings is 1. The molecule has 1 N–H and O–H groups in total. The predicted octanol–water partition coefficient (Wildman–Crippen LogP) is 4.01. The van der Waals surface area contributed by atoms with E-state index in [1.807, 2.05) is 29.1 Å². The zero-order valence-corrected chi connectivity index (χ0v) is 13.1. The molecule has 0 aliphatic rings. The summed E-state index contributed by atoms with van der Waals surface area (Å²) < 4.78 is 1.99. The van der Waals surface area contributed by atoms with Crippen LogP contribution in [0.5, 0.6) is 0 Å². The Morgan fingerprint density at radius 2 is 2.00 bits per heavy atom. The molecule has 20 heavy (non-hydrogen) atoms. The summed E-state index contributed by atoms with van der Waals surface area (Å²) in [5, 5.41) is 8.92. The Morgan fingerprint density at radius 3 is 2.60 bits per heavy atom. The van der Waals surface area contributed by atoms with Crippen molar-refractivity contribution in [2.24, 2.45) is 0 Å². The van der Waals surface area contributed by atoms with Crippen molar-refractivity contribution in [1.82, 2.24) is 15.1 Å². The van der Waals surface area contributed by atoms with Gasteiger partial charge in [-0.3, -0.25) is 4.68 Å². The molecule has 0 spiro atoms. The number of hydrogen-bond donors (Lipinski definition) is 1. The van der Waals surface area contributed by atoms with E-state index >= 15 is 0 Å². The second-order valence-electron chi connectivity index (χ2n) is 5.22. The minimum Gasteiger partial charge on any atom is -0.310 e. The summed E-state index contributed by atoms with van der Waals surface area (Å²) in [5.41, 5.74) is 2.22. The molecule has 1 aromatic carbocycles. The van der Waals surface area contributed by atoms with Gasteiger partial charge in [0.05, 0.1) is 5.69 Å². The molecule has 2 aromatic rings. The quantitative estimate of drug-likeness (QED) is 0.871. The number of nitrogens with zero attached hydrogens (tertiary/aromatic N) is 2.